The molecule has 0 saturated heterocycles. The summed E-state index contributed by atoms with van der Waals surface area (Å²) in [5.74, 6) is 0.00787. The van der Waals surface area contributed by atoms with Crippen molar-refractivity contribution in [2.75, 3.05) is 5.32 Å². The first-order chi connectivity index (χ1) is 11.5. The maximum atomic E-state index is 13.3. The zero-order chi connectivity index (χ0) is 17.3. The molecule has 1 amide bonds. The lowest BCUT2D eigenvalue weighted by molar-refractivity contribution is 0.0995. The van der Waals surface area contributed by atoms with Gasteiger partial charge in [0.2, 0.25) is 0 Å². The minimum Gasteiger partial charge on any atom is -0.324 e. The molecule has 1 aromatic carbocycles. The Balaban J connectivity index is 1.88. The van der Waals surface area contributed by atoms with E-state index in [0.29, 0.717) is 24.5 Å². The Morgan fingerprint density at radius 3 is 2.62 bits per heavy atom. The van der Waals surface area contributed by atoms with Crippen molar-refractivity contribution in [1.29, 1.82) is 0 Å². The first kappa shape index (κ1) is 16.6. The summed E-state index contributed by atoms with van der Waals surface area (Å²) in [5.41, 5.74) is 6.80. The van der Waals surface area contributed by atoms with Crippen LogP contribution in [0.2, 0.25) is 0 Å². The van der Waals surface area contributed by atoms with Crippen LogP contribution in [0.1, 0.15) is 59.8 Å². The summed E-state index contributed by atoms with van der Waals surface area (Å²) in [7, 11) is 0. The number of aromatic nitrogens is 2. The number of benzene rings is 1. The summed E-state index contributed by atoms with van der Waals surface area (Å²) >= 11 is 0. The fourth-order valence-electron chi connectivity index (χ4n) is 2.96. The number of nitrogens with zero attached hydrogens (tertiary/aromatic N) is 2. The molecule has 0 saturated carbocycles. The molecule has 0 fully saturated rings. The maximum Gasteiger partial charge on any atom is 0.282 e. The van der Waals surface area contributed by atoms with Gasteiger partial charge >= 0.3 is 0 Å². The minimum atomic E-state index is -2.77. The van der Waals surface area contributed by atoms with Crippen LogP contribution in [0.4, 0.5) is 14.5 Å². The maximum absolute atomic E-state index is 13.3. The number of fused-ring (bicyclic) bond motifs is 1. The predicted octanol–water partition coefficient (Wildman–Crippen LogP) is 3.43. The topological polar surface area (TPSA) is 72.9 Å². The van der Waals surface area contributed by atoms with Gasteiger partial charge in [0.05, 0.1) is 0 Å². The largest absolute Gasteiger partial charge is 0.324 e. The number of carbonyl (C=O) groups is 1. The van der Waals surface area contributed by atoms with E-state index in [1.807, 2.05) is 6.92 Å². The van der Waals surface area contributed by atoms with Crippen LogP contribution in [0.3, 0.4) is 0 Å². The Labute approximate surface area is 138 Å². The van der Waals surface area contributed by atoms with Gasteiger partial charge in [0.1, 0.15) is 17.2 Å². The van der Waals surface area contributed by atoms with Gasteiger partial charge in [-0.25, -0.2) is 13.8 Å². The molecule has 1 atom stereocenters. The SMILES string of the molecule is CC(N)c1ccc(NC(=O)c2c(C(F)F)nc3n2CCCC3)cc1. The van der Waals surface area contributed by atoms with Crippen molar-refractivity contribution in [3.63, 3.8) is 0 Å². The van der Waals surface area contributed by atoms with Crippen LogP contribution in [0.15, 0.2) is 24.3 Å². The molecule has 0 bridgehead atoms. The van der Waals surface area contributed by atoms with Crippen LogP contribution >= 0.6 is 0 Å². The smallest absolute Gasteiger partial charge is 0.282 e. The minimum absolute atomic E-state index is 0.0315. The van der Waals surface area contributed by atoms with Crippen LogP contribution in [0, 0.1) is 0 Å². The molecule has 3 N–H and O–H groups in total. The Hall–Kier alpha value is -2.28. The second-order valence-corrected chi connectivity index (χ2v) is 6.04. The van der Waals surface area contributed by atoms with E-state index in [1.165, 1.54) is 0 Å². The molecule has 0 spiro atoms. The van der Waals surface area contributed by atoms with E-state index in [9.17, 15) is 13.6 Å². The van der Waals surface area contributed by atoms with Crippen LogP contribution in [0.5, 0.6) is 0 Å². The lowest BCUT2D eigenvalue weighted by atomic mass is 10.1. The van der Waals surface area contributed by atoms with E-state index >= 15 is 0 Å². The quantitative estimate of drug-likeness (QED) is 0.900. The summed E-state index contributed by atoms with van der Waals surface area (Å²) in [5, 5.41) is 2.68. The van der Waals surface area contributed by atoms with Crippen molar-refractivity contribution in [3.05, 3.63) is 47.0 Å². The van der Waals surface area contributed by atoms with Gasteiger partial charge in [0.15, 0.2) is 0 Å². The molecule has 1 aromatic heterocycles. The van der Waals surface area contributed by atoms with Gasteiger partial charge in [-0.2, -0.15) is 0 Å². The fraction of sp³-hybridized carbons (Fsp3) is 0.412. The van der Waals surface area contributed by atoms with Crippen molar-refractivity contribution < 1.29 is 13.6 Å². The highest BCUT2D eigenvalue weighted by molar-refractivity contribution is 6.04. The van der Waals surface area contributed by atoms with Crippen molar-refractivity contribution in [2.45, 2.75) is 45.2 Å². The average Bonchev–Trinajstić information content (AvgIpc) is 2.95. The number of hydrogen-bond donors (Lipinski definition) is 2. The van der Waals surface area contributed by atoms with E-state index in [0.717, 1.165) is 18.4 Å². The van der Waals surface area contributed by atoms with Crippen LogP contribution in [0.25, 0.3) is 0 Å². The number of anilines is 1. The van der Waals surface area contributed by atoms with Crippen LogP contribution in [-0.4, -0.2) is 15.5 Å². The van der Waals surface area contributed by atoms with Crippen molar-refractivity contribution in [3.8, 4) is 0 Å². The van der Waals surface area contributed by atoms with Gasteiger partial charge in [-0.15, -0.1) is 0 Å². The summed E-state index contributed by atoms with van der Waals surface area (Å²) in [4.78, 5) is 16.5. The summed E-state index contributed by atoms with van der Waals surface area (Å²) in [6, 6.07) is 6.93. The zero-order valence-corrected chi connectivity index (χ0v) is 13.4. The van der Waals surface area contributed by atoms with E-state index in [4.69, 9.17) is 5.73 Å². The van der Waals surface area contributed by atoms with Crippen LogP contribution in [-0.2, 0) is 13.0 Å². The van der Waals surface area contributed by atoms with Crippen molar-refractivity contribution in [2.24, 2.45) is 5.73 Å². The summed E-state index contributed by atoms with van der Waals surface area (Å²) in [6.07, 6.45) is -0.394. The van der Waals surface area contributed by atoms with Gasteiger partial charge in [-0.3, -0.25) is 4.79 Å². The molecule has 2 heterocycles. The number of rotatable bonds is 4. The lowest BCUT2D eigenvalue weighted by Crippen LogP contribution is -2.21. The number of aryl methyl sites for hydroxylation is 1. The number of carbonyl (C=O) groups excluding carboxylic acids is 1. The zero-order valence-electron chi connectivity index (χ0n) is 13.4. The van der Waals surface area contributed by atoms with E-state index in [1.54, 1.807) is 28.8 Å². The molecule has 5 nitrogen and oxygen atoms in total. The molecule has 1 unspecified atom stereocenters. The monoisotopic (exact) mass is 334 g/mol. The number of hydrogen-bond acceptors (Lipinski definition) is 3. The third kappa shape index (κ3) is 3.17. The third-order valence-electron chi connectivity index (χ3n) is 4.22. The highest BCUT2D eigenvalue weighted by Crippen LogP contribution is 2.27. The number of nitrogens with one attached hydrogen (secondary N) is 1. The van der Waals surface area contributed by atoms with Crippen LogP contribution < -0.4 is 11.1 Å². The second-order valence-electron chi connectivity index (χ2n) is 6.04. The standard InChI is InChI=1S/C17H20F2N4O/c1-10(20)11-5-7-12(8-6-11)21-17(24)15-14(16(18)19)22-13-4-2-3-9-23(13)15/h5-8,10,16H,2-4,9,20H2,1H3,(H,21,24). The molecule has 2 aromatic rings. The van der Waals surface area contributed by atoms with Gasteiger partial charge in [0, 0.05) is 24.7 Å². The van der Waals surface area contributed by atoms with Crippen molar-refractivity contribution in [1.82, 2.24) is 9.55 Å². The Kier molecular flexibility index (Phi) is 4.62. The second kappa shape index (κ2) is 6.68. The first-order valence-corrected chi connectivity index (χ1v) is 8.01. The van der Waals surface area contributed by atoms with Gasteiger partial charge in [-0.05, 0) is 37.5 Å². The molecule has 128 valence electrons. The molecule has 3 rings (SSSR count). The average molecular weight is 334 g/mol. The Morgan fingerprint density at radius 2 is 2.00 bits per heavy atom. The summed E-state index contributed by atoms with van der Waals surface area (Å²) < 4.78 is 28.2. The van der Waals surface area contributed by atoms with E-state index in [2.05, 4.69) is 10.3 Å². The fourth-order valence-corrected chi connectivity index (χ4v) is 2.96. The van der Waals surface area contributed by atoms with E-state index in [-0.39, 0.29) is 11.7 Å². The van der Waals surface area contributed by atoms with E-state index < -0.39 is 18.0 Å². The summed E-state index contributed by atoms with van der Waals surface area (Å²) in [6.45, 7) is 2.41. The number of nitrogens with two attached hydrogens (primary N) is 1. The van der Waals surface area contributed by atoms with Gasteiger partial charge in [0.25, 0.3) is 12.3 Å². The molecule has 7 heteroatoms. The molecule has 0 aliphatic carbocycles. The molecule has 0 radical (unpaired) electrons. The van der Waals surface area contributed by atoms with Gasteiger partial charge in [-0.1, -0.05) is 12.1 Å². The normalized spacial score (nSPS) is 15.2. The number of halogens is 2. The number of amides is 1. The number of imidazole rings is 1. The highest BCUT2D eigenvalue weighted by Gasteiger charge is 2.29. The molecular weight excluding hydrogens is 314 g/mol. The third-order valence-corrected chi connectivity index (χ3v) is 4.22. The Bertz CT molecular complexity index is 738. The van der Waals surface area contributed by atoms with Gasteiger partial charge < -0.3 is 15.6 Å². The lowest BCUT2D eigenvalue weighted by Gasteiger charge is -2.16. The molecule has 24 heavy (non-hydrogen) atoms. The highest BCUT2D eigenvalue weighted by atomic mass is 19.3. The molecule has 1 aliphatic rings. The Morgan fingerprint density at radius 1 is 1.29 bits per heavy atom. The predicted molar refractivity (Wildman–Crippen MR) is 87.1 cm³/mol. The van der Waals surface area contributed by atoms with Crippen molar-refractivity contribution >= 4 is 11.6 Å². The molecule has 1 aliphatic heterocycles. The molecular formula is C17H20F2N4O. The number of alkyl halides is 2. The first-order valence-electron chi connectivity index (χ1n) is 8.01.